The molecule has 3 heterocycles. The Kier molecular flexibility index (Phi) is 8.96. The molecule has 5 nitrogen and oxygen atoms in total. The molecule has 1 unspecified atom stereocenters. The van der Waals surface area contributed by atoms with E-state index in [-0.39, 0.29) is 0 Å². The van der Waals surface area contributed by atoms with Gasteiger partial charge in [-0.3, -0.25) is 0 Å². The van der Waals surface area contributed by atoms with Crippen LogP contribution in [0.15, 0.2) is 188 Å². The first-order valence-electron chi connectivity index (χ1n) is 19.8. The van der Waals surface area contributed by atoms with Gasteiger partial charge in [-0.25, -0.2) is 15.0 Å². The van der Waals surface area contributed by atoms with Crippen molar-refractivity contribution in [2.45, 2.75) is 25.7 Å². The van der Waals surface area contributed by atoms with E-state index in [1.165, 1.54) is 49.9 Å². The van der Waals surface area contributed by atoms with E-state index in [1.54, 1.807) is 0 Å². The Morgan fingerprint density at radius 2 is 1.04 bits per heavy atom. The Balaban J connectivity index is 1.06. The van der Waals surface area contributed by atoms with Crippen LogP contribution in [0.5, 0.6) is 0 Å². The Labute approximate surface area is 333 Å². The number of para-hydroxylation sites is 2. The molecule has 0 fully saturated rings. The fourth-order valence-electron chi connectivity index (χ4n) is 8.28. The molecule has 10 rings (SSSR count). The molecule has 0 saturated carbocycles. The average Bonchev–Trinajstić information content (AvgIpc) is 3.65. The average molecular weight is 736 g/mol. The van der Waals surface area contributed by atoms with Gasteiger partial charge in [0, 0.05) is 51.1 Å². The number of allylic oxidation sites excluding steroid dienone is 1. The van der Waals surface area contributed by atoms with Crippen LogP contribution in [0.2, 0.25) is 0 Å². The number of nitrogens with zero attached hydrogens (tertiary/aromatic N) is 5. The molecular weight excluding hydrogens is 695 g/mol. The van der Waals surface area contributed by atoms with E-state index in [4.69, 9.17) is 15.0 Å². The van der Waals surface area contributed by atoms with Crippen molar-refractivity contribution in [3.63, 3.8) is 0 Å². The molecule has 1 aliphatic heterocycles. The minimum absolute atomic E-state index is 0.363. The highest BCUT2D eigenvalue weighted by atomic mass is 15.1. The summed E-state index contributed by atoms with van der Waals surface area (Å²) in [5.74, 6) is 2.33. The third-order valence-electron chi connectivity index (χ3n) is 11.2. The summed E-state index contributed by atoms with van der Waals surface area (Å²) in [4.78, 5) is 17.4. The quantitative estimate of drug-likeness (QED) is 0.160. The lowest BCUT2D eigenvalue weighted by Gasteiger charge is -2.28. The largest absolute Gasteiger partial charge is 0.337 e. The van der Waals surface area contributed by atoms with Crippen LogP contribution in [-0.2, 0) is 0 Å². The molecule has 7 aromatic carbocycles. The van der Waals surface area contributed by atoms with Gasteiger partial charge in [-0.1, -0.05) is 140 Å². The molecule has 0 radical (unpaired) electrons. The molecule has 57 heavy (non-hydrogen) atoms. The van der Waals surface area contributed by atoms with Crippen LogP contribution in [0.1, 0.15) is 31.2 Å². The summed E-state index contributed by atoms with van der Waals surface area (Å²) in [7, 11) is 0. The molecule has 0 N–H and O–H groups in total. The van der Waals surface area contributed by atoms with Crippen molar-refractivity contribution >= 4 is 33.2 Å². The minimum atomic E-state index is 0.363. The predicted molar refractivity (Wildman–Crippen MR) is 236 cm³/mol. The summed E-state index contributed by atoms with van der Waals surface area (Å²) >= 11 is 0. The maximum Gasteiger partial charge on any atom is 0.164 e. The zero-order valence-corrected chi connectivity index (χ0v) is 31.8. The van der Waals surface area contributed by atoms with Gasteiger partial charge in [0.05, 0.1) is 11.0 Å². The number of benzene rings is 7. The summed E-state index contributed by atoms with van der Waals surface area (Å²) in [5, 5.41) is 2.52. The molecule has 2 aromatic heterocycles. The molecule has 0 amide bonds. The number of hydrogen-bond acceptors (Lipinski definition) is 4. The summed E-state index contributed by atoms with van der Waals surface area (Å²) in [6.07, 6.45) is 6.77. The molecular formula is C52H41N5. The van der Waals surface area contributed by atoms with E-state index >= 15 is 0 Å². The van der Waals surface area contributed by atoms with Gasteiger partial charge in [0.25, 0.3) is 0 Å². The minimum Gasteiger partial charge on any atom is -0.337 e. The van der Waals surface area contributed by atoms with Gasteiger partial charge < -0.3 is 9.47 Å². The number of hydrogen-bond donors (Lipinski definition) is 0. The Morgan fingerprint density at radius 1 is 0.456 bits per heavy atom. The van der Waals surface area contributed by atoms with Crippen LogP contribution in [-0.4, -0.2) is 26.1 Å². The number of rotatable bonds is 6. The second-order valence-electron chi connectivity index (χ2n) is 14.8. The molecule has 5 heteroatoms. The van der Waals surface area contributed by atoms with Gasteiger partial charge in [-0.15, -0.1) is 0 Å². The highest BCUT2D eigenvalue weighted by Gasteiger charge is 2.21. The third kappa shape index (κ3) is 6.57. The van der Waals surface area contributed by atoms with E-state index in [0.29, 0.717) is 23.4 Å². The van der Waals surface area contributed by atoms with Crippen molar-refractivity contribution in [1.29, 1.82) is 0 Å². The number of aromatic nitrogens is 4. The summed E-state index contributed by atoms with van der Waals surface area (Å²) in [5.41, 5.74) is 12.6. The lowest BCUT2D eigenvalue weighted by Crippen LogP contribution is -2.19. The molecule has 274 valence electrons. The molecule has 0 spiro atoms. The summed E-state index contributed by atoms with van der Waals surface area (Å²) in [6.45, 7) is 3.13. The zero-order valence-electron chi connectivity index (χ0n) is 31.8. The standard InChI is InChI=1S/C52H41N5/c1-36-17-6-5-15-32-56(43-25-16-22-41(33-43)52-54-50(37-18-7-2-8-19-37)53-51(55-52)38-20-9-3-10-21-38)47-30-28-39(34-45(36)47)40-29-31-49-46(35-40)44-26-13-14-27-48(44)57(49)42-23-11-4-12-24-42/h2-5,7-16,18-31,33-36H,6,17,32H2,1H3/b15-5-. The van der Waals surface area contributed by atoms with E-state index in [2.05, 4.69) is 144 Å². The first-order valence-corrected chi connectivity index (χ1v) is 19.8. The second kappa shape index (κ2) is 14.9. The lowest BCUT2D eigenvalue weighted by atomic mass is 9.90. The van der Waals surface area contributed by atoms with Crippen LogP contribution >= 0.6 is 0 Å². The van der Waals surface area contributed by atoms with Crippen molar-refractivity contribution in [2.24, 2.45) is 0 Å². The molecule has 1 aliphatic rings. The van der Waals surface area contributed by atoms with Gasteiger partial charge in [0.15, 0.2) is 17.5 Å². The Hall–Kier alpha value is -7.11. The molecule has 0 aliphatic carbocycles. The fraction of sp³-hybridized carbons (Fsp3) is 0.0962. The van der Waals surface area contributed by atoms with Crippen molar-refractivity contribution in [3.05, 3.63) is 194 Å². The summed E-state index contributed by atoms with van der Waals surface area (Å²) in [6, 6.07) is 62.4. The van der Waals surface area contributed by atoms with Gasteiger partial charge in [0.2, 0.25) is 0 Å². The Bertz CT molecular complexity index is 2840. The Morgan fingerprint density at radius 3 is 1.77 bits per heavy atom. The number of fused-ring (bicyclic) bond motifs is 4. The molecule has 0 saturated heterocycles. The smallest absolute Gasteiger partial charge is 0.164 e. The first-order chi connectivity index (χ1) is 28.2. The maximum atomic E-state index is 5.04. The van der Waals surface area contributed by atoms with Crippen LogP contribution in [0.3, 0.4) is 0 Å². The van der Waals surface area contributed by atoms with E-state index < -0.39 is 0 Å². The van der Waals surface area contributed by atoms with Crippen LogP contribution in [0.4, 0.5) is 11.4 Å². The highest BCUT2D eigenvalue weighted by molar-refractivity contribution is 6.10. The fourth-order valence-corrected chi connectivity index (χ4v) is 8.28. The van der Waals surface area contributed by atoms with Gasteiger partial charge in [-0.05, 0) is 90.0 Å². The normalized spacial score (nSPS) is 14.8. The van der Waals surface area contributed by atoms with Crippen molar-refractivity contribution in [1.82, 2.24) is 19.5 Å². The molecule has 9 aromatic rings. The topological polar surface area (TPSA) is 46.8 Å². The zero-order chi connectivity index (χ0) is 38.1. The molecule has 1 atom stereocenters. The van der Waals surface area contributed by atoms with Crippen LogP contribution in [0, 0.1) is 0 Å². The van der Waals surface area contributed by atoms with E-state index in [0.717, 1.165) is 41.8 Å². The number of anilines is 2. The van der Waals surface area contributed by atoms with Crippen molar-refractivity contribution in [2.75, 3.05) is 11.4 Å². The lowest BCUT2D eigenvalue weighted by molar-refractivity contribution is 0.692. The van der Waals surface area contributed by atoms with Crippen LogP contribution < -0.4 is 4.90 Å². The highest BCUT2D eigenvalue weighted by Crippen LogP contribution is 2.41. The van der Waals surface area contributed by atoms with E-state index in [9.17, 15) is 0 Å². The van der Waals surface area contributed by atoms with E-state index in [1.807, 2.05) is 60.7 Å². The molecule has 0 bridgehead atoms. The SMILES string of the molecule is CC1CC/C=C\CN(c2cccc(-c3nc(-c4ccccc4)nc(-c4ccccc4)n3)c2)c2ccc(-c3ccc4c(c3)c3ccccc3n4-c3ccccc3)cc21. The summed E-state index contributed by atoms with van der Waals surface area (Å²) < 4.78 is 2.38. The van der Waals surface area contributed by atoms with Crippen molar-refractivity contribution < 1.29 is 0 Å². The van der Waals surface area contributed by atoms with Gasteiger partial charge in [0.1, 0.15) is 0 Å². The van der Waals surface area contributed by atoms with Gasteiger partial charge in [-0.2, -0.15) is 0 Å². The van der Waals surface area contributed by atoms with Gasteiger partial charge >= 0.3 is 0 Å². The monoisotopic (exact) mass is 735 g/mol. The second-order valence-corrected chi connectivity index (χ2v) is 14.8. The first kappa shape index (κ1) is 34.4. The third-order valence-corrected chi connectivity index (χ3v) is 11.2. The maximum absolute atomic E-state index is 5.04. The van der Waals surface area contributed by atoms with Crippen LogP contribution in [0.25, 0.3) is 72.8 Å². The predicted octanol–water partition coefficient (Wildman–Crippen LogP) is 13.2. The van der Waals surface area contributed by atoms with Crippen molar-refractivity contribution in [3.8, 4) is 51.0 Å².